The van der Waals surface area contributed by atoms with Crippen molar-refractivity contribution in [3.05, 3.63) is 66.5 Å². The molecule has 0 bridgehead atoms. The number of fused-ring (bicyclic) bond motifs is 1. The number of benzene rings is 1. The average molecular weight is 442 g/mol. The molecule has 3 aromatic heterocycles. The SMILES string of the molecule is CCCC1CNCCN1C(=O)c1cc(N)nc(-c2cnn3ccc(-c4ccccc4)nc23)c1. The summed E-state index contributed by atoms with van der Waals surface area (Å²) >= 11 is 0. The van der Waals surface area contributed by atoms with E-state index in [1.54, 1.807) is 22.8 Å². The Morgan fingerprint density at radius 1 is 1.15 bits per heavy atom. The van der Waals surface area contributed by atoms with E-state index in [1.165, 1.54) is 0 Å². The maximum atomic E-state index is 13.4. The Kier molecular flexibility index (Phi) is 5.75. The minimum Gasteiger partial charge on any atom is -0.384 e. The zero-order chi connectivity index (χ0) is 22.8. The van der Waals surface area contributed by atoms with E-state index < -0.39 is 0 Å². The Morgan fingerprint density at radius 3 is 2.82 bits per heavy atom. The van der Waals surface area contributed by atoms with Crippen molar-refractivity contribution < 1.29 is 4.79 Å². The van der Waals surface area contributed by atoms with Gasteiger partial charge in [0.2, 0.25) is 0 Å². The number of piperazine rings is 1. The number of anilines is 1. The fourth-order valence-corrected chi connectivity index (χ4v) is 4.42. The van der Waals surface area contributed by atoms with E-state index in [2.05, 4.69) is 22.3 Å². The number of nitrogens with two attached hydrogens (primary N) is 1. The van der Waals surface area contributed by atoms with Crippen LogP contribution in [0.1, 0.15) is 30.1 Å². The van der Waals surface area contributed by atoms with Gasteiger partial charge in [-0.2, -0.15) is 5.10 Å². The first-order valence-electron chi connectivity index (χ1n) is 11.3. The standard InChI is InChI=1S/C25H27N7O/c1-2-6-19-15-27-10-12-31(19)25(33)18-13-22(29-23(26)14-18)20-16-28-32-11-9-21(30-24(20)32)17-7-4-3-5-8-17/h3-5,7-9,11,13-14,16,19,27H,2,6,10,12,15H2,1H3,(H2,26,29). The molecule has 168 valence electrons. The summed E-state index contributed by atoms with van der Waals surface area (Å²) in [4.78, 5) is 24.7. The van der Waals surface area contributed by atoms with Gasteiger partial charge in [-0.25, -0.2) is 14.5 Å². The first-order valence-corrected chi connectivity index (χ1v) is 11.3. The number of nitrogen functional groups attached to an aromatic ring is 1. The molecule has 5 rings (SSSR count). The van der Waals surface area contributed by atoms with Gasteiger partial charge in [0.15, 0.2) is 5.65 Å². The fourth-order valence-electron chi connectivity index (χ4n) is 4.42. The zero-order valence-electron chi connectivity index (χ0n) is 18.6. The highest BCUT2D eigenvalue weighted by Gasteiger charge is 2.27. The van der Waals surface area contributed by atoms with Crippen molar-refractivity contribution in [2.75, 3.05) is 25.4 Å². The van der Waals surface area contributed by atoms with Crippen molar-refractivity contribution in [3.63, 3.8) is 0 Å². The number of nitrogens with one attached hydrogen (secondary N) is 1. The number of hydrogen-bond acceptors (Lipinski definition) is 6. The first kappa shape index (κ1) is 21.1. The summed E-state index contributed by atoms with van der Waals surface area (Å²) in [5.74, 6) is 0.288. The molecule has 0 spiro atoms. The summed E-state index contributed by atoms with van der Waals surface area (Å²) in [6, 6.07) is 15.6. The minimum absolute atomic E-state index is 0.0142. The van der Waals surface area contributed by atoms with Crippen LogP contribution in [0.3, 0.4) is 0 Å². The highest BCUT2D eigenvalue weighted by molar-refractivity contribution is 5.96. The molecule has 0 radical (unpaired) electrons. The zero-order valence-corrected chi connectivity index (χ0v) is 18.6. The molecule has 1 saturated heterocycles. The van der Waals surface area contributed by atoms with Gasteiger partial charge >= 0.3 is 0 Å². The second kappa shape index (κ2) is 8.99. The van der Waals surface area contributed by atoms with Gasteiger partial charge in [0.25, 0.3) is 5.91 Å². The third-order valence-corrected chi connectivity index (χ3v) is 6.04. The Balaban J connectivity index is 1.53. The smallest absolute Gasteiger partial charge is 0.254 e. The lowest BCUT2D eigenvalue weighted by atomic mass is 10.0. The van der Waals surface area contributed by atoms with Crippen molar-refractivity contribution >= 4 is 17.4 Å². The van der Waals surface area contributed by atoms with Crippen molar-refractivity contribution in [2.24, 2.45) is 0 Å². The maximum Gasteiger partial charge on any atom is 0.254 e. The van der Waals surface area contributed by atoms with Gasteiger partial charge in [0.05, 0.1) is 23.1 Å². The van der Waals surface area contributed by atoms with Crippen molar-refractivity contribution in [2.45, 2.75) is 25.8 Å². The molecule has 1 unspecified atom stereocenters. The van der Waals surface area contributed by atoms with Crippen LogP contribution in [0.4, 0.5) is 5.82 Å². The molecule has 1 fully saturated rings. The van der Waals surface area contributed by atoms with Crippen LogP contribution in [0.25, 0.3) is 28.2 Å². The molecule has 1 atom stereocenters. The molecule has 3 N–H and O–H groups in total. The normalized spacial score (nSPS) is 16.3. The van der Waals surface area contributed by atoms with Gasteiger partial charge in [0.1, 0.15) is 5.82 Å². The number of aromatic nitrogens is 4. The largest absolute Gasteiger partial charge is 0.384 e. The summed E-state index contributed by atoms with van der Waals surface area (Å²) in [6.07, 6.45) is 5.59. The van der Waals surface area contributed by atoms with Crippen LogP contribution in [0, 0.1) is 0 Å². The molecular formula is C25H27N7O. The lowest BCUT2D eigenvalue weighted by Crippen LogP contribution is -2.53. The van der Waals surface area contributed by atoms with E-state index >= 15 is 0 Å². The van der Waals surface area contributed by atoms with E-state index in [-0.39, 0.29) is 11.9 Å². The molecular weight excluding hydrogens is 414 g/mol. The summed E-state index contributed by atoms with van der Waals surface area (Å²) in [6.45, 7) is 4.42. The first-order chi connectivity index (χ1) is 16.1. The molecule has 8 heteroatoms. The van der Waals surface area contributed by atoms with Crippen LogP contribution in [0.5, 0.6) is 0 Å². The van der Waals surface area contributed by atoms with E-state index in [0.29, 0.717) is 29.3 Å². The number of nitrogens with zero attached hydrogens (tertiary/aromatic N) is 5. The number of amides is 1. The van der Waals surface area contributed by atoms with Crippen LogP contribution >= 0.6 is 0 Å². The summed E-state index contributed by atoms with van der Waals surface area (Å²) in [5.41, 5.74) is 10.5. The van der Waals surface area contributed by atoms with Gasteiger partial charge in [-0.3, -0.25) is 4.79 Å². The predicted molar refractivity (Wildman–Crippen MR) is 129 cm³/mol. The molecule has 4 aromatic rings. The molecule has 1 aliphatic rings. The highest BCUT2D eigenvalue weighted by Crippen LogP contribution is 2.27. The van der Waals surface area contributed by atoms with Gasteiger partial charge in [0, 0.05) is 43.0 Å². The van der Waals surface area contributed by atoms with Crippen LogP contribution < -0.4 is 11.1 Å². The summed E-state index contributed by atoms with van der Waals surface area (Å²) < 4.78 is 1.71. The van der Waals surface area contributed by atoms with Gasteiger partial charge in [-0.15, -0.1) is 0 Å². The van der Waals surface area contributed by atoms with E-state index in [0.717, 1.165) is 42.8 Å². The summed E-state index contributed by atoms with van der Waals surface area (Å²) in [5, 5.41) is 7.82. The third kappa shape index (κ3) is 4.17. The van der Waals surface area contributed by atoms with Gasteiger partial charge < -0.3 is 16.0 Å². The molecule has 1 amide bonds. The number of carbonyl (C=O) groups excluding carboxylic acids is 1. The quantitative estimate of drug-likeness (QED) is 0.493. The second-order valence-electron chi connectivity index (χ2n) is 8.32. The Bertz CT molecular complexity index is 1280. The number of hydrogen-bond donors (Lipinski definition) is 2. The molecule has 33 heavy (non-hydrogen) atoms. The van der Waals surface area contributed by atoms with Crippen LogP contribution in [0.2, 0.25) is 0 Å². The van der Waals surface area contributed by atoms with Gasteiger partial charge in [-0.1, -0.05) is 43.7 Å². The van der Waals surface area contributed by atoms with Gasteiger partial charge in [-0.05, 0) is 24.6 Å². The monoisotopic (exact) mass is 441 g/mol. The van der Waals surface area contributed by atoms with E-state index in [1.807, 2.05) is 47.5 Å². The Morgan fingerprint density at radius 2 is 2.00 bits per heavy atom. The Labute approximate surface area is 192 Å². The molecule has 8 nitrogen and oxygen atoms in total. The van der Waals surface area contributed by atoms with E-state index in [4.69, 9.17) is 10.7 Å². The van der Waals surface area contributed by atoms with Crippen molar-refractivity contribution in [1.82, 2.24) is 29.8 Å². The Hall–Kier alpha value is -3.78. The van der Waals surface area contributed by atoms with Crippen LogP contribution in [-0.4, -0.2) is 56.1 Å². The lowest BCUT2D eigenvalue weighted by Gasteiger charge is -2.36. The molecule has 1 aromatic carbocycles. The molecule has 1 aliphatic heterocycles. The van der Waals surface area contributed by atoms with E-state index in [9.17, 15) is 4.79 Å². The topological polar surface area (TPSA) is 101 Å². The lowest BCUT2D eigenvalue weighted by molar-refractivity contribution is 0.0624. The molecule has 0 aliphatic carbocycles. The fraction of sp³-hybridized carbons (Fsp3) is 0.280. The van der Waals surface area contributed by atoms with Crippen molar-refractivity contribution in [3.8, 4) is 22.5 Å². The van der Waals surface area contributed by atoms with Crippen molar-refractivity contribution in [1.29, 1.82) is 0 Å². The maximum absolute atomic E-state index is 13.4. The highest BCUT2D eigenvalue weighted by atomic mass is 16.2. The molecule has 0 saturated carbocycles. The number of carbonyl (C=O) groups is 1. The number of pyridine rings is 1. The average Bonchev–Trinajstić information content (AvgIpc) is 3.28. The third-order valence-electron chi connectivity index (χ3n) is 6.04. The number of rotatable bonds is 5. The second-order valence-corrected chi connectivity index (χ2v) is 8.32. The van der Waals surface area contributed by atoms with Crippen LogP contribution in [-0.2, 0) is 0 Å². The molecule has 4 heterocycles. The summed E-state index contributed by atoms with van der Waals surface area (Å²) in [7, 11) is 0. The predicted octanol–water partition coefficient (Wildman–Crippen LogP) is 3.25. The van der Waals surface area contributed by atoms with Crippen LogP contribution in [0.15, 0.2) is 60.9 Å². The minimum atomic E-state index is -0.0142.